The minimum atomic E-state index is -0.928. The van der Waals surface area contributed by atoms with E-state index in [1.165, 1.54) is 12.8 Å². The van der Waals surface area contributed by atoms with Crippen molar-refractivity contribution in [3.05, 3.63) is 29.3 Å². The molecule has 1 heterocycles. The third-order valence-corrected chi connectivity index (χ3v) is 3.03. The predicted octanol–water partition coefficient (Wildman–Crippen LogP) is 3.20. The topological polar surface area (TPSA) is 55.8 Å². The van der Waals surface area contributed by atoms with Gasteiger partial charge in [0.1, 0.15) is 5.75 Å². The monoisotopic (exact) mass is 250 g/mol. The fraction of sp³-hybridized carbons (Fsp3) is 0.500. The van der Waals surface area contributed by atoms with Crippen LogP contribution in [0.15, 0.2) is 18.2 Å². The maximum absolute atomic E-state index is 10.8. The highest BCUT2D eigenvalue weighted by Crippen LogP contribution is 2.28. The summed E-state index contributed by atoms with van der Waals surface area (Å²) in [7, 11) is 0. The molecule has 0 spiro atoms. The minimum absolute atomic E-state index is 0.195. The smallest absolute Gasteiger partial charge is 0.335 e. The lowest BCUT2D eigenvalue weighted by Gasteiger charge is -2.26. The molecule has 98 valence electrons. The van der Waals surface area contributed by atoms with E-state index >= 15 is 0 Å². The van der Waals surface area contributed by atoms with Crippen molar-refractivity contribution in [1.29, 1.82) is 0 Å². The highest BCUT2D eigenvalue weighted by atomic mass is 16.7. The van der Waals surface area contributed by atoms with Crippen molar-refractivity contribution in [3.8, 4) is 5.75 Å². The number of rotatable bonds is 5. The molecule has 0 fully saturated rings. The van der Waals surface area contributed by atoms with E-state index in [-0.39, 0.29) is 11.9 Å². The Morgan fingerprint density at radius 2 is 2.28 bits per heavy atom. The molecule has 4 heteroatoms. The summed E-state index contributed by atoms with van der Waals surface area (Å²) in [4.78, 5) is 10.8. The van der Waals surface area contributed by atoms with Crippen molar-refractivity contribution in [2.45, 2.75) is 45.5 Å². The number of fused-ring (bicyclic) bond motifs is 1. The second kappa shape index (κ2) is 5.87. The molecule has 0 aliphatic carbocycles. The van der Waals surface area contributed by atoms with E-state index in [1.807, 2.05) is 0 Å². The summed E-state index contributed by atoms with van der Waals surface area (Å²) in [5.41, 5.74) is 1.08. The van der Waals surface area contributed by atoms with Gasteiger partial charge in [0.15, 0.2) is 6.29 Å². The molecular weight excluding hydrogens is 232 g/mol. The summed E-state index contributed by atoms with van der Waals surface area (Å²) in [6, 6.07) is 4.89. The van der Waals surface area contributed by atoms with Crippen LogP contribution in [-0.4, -0.2) is 17.4 Å². The molecule has 1 unspecified atom stereocenters. The van der Waals surface area contributed by atoms with E-state index < -0.39 is 5.97 Å². The summed E-state index contributed by atoms with van der Waals surface area (Å²) in [5.74, 6) is -0.185. The molecule has 1 aromatic rings. The standard InChI is InChI=1S/C14H18O4/c1-2-3-4-5-13-17-9-11-8-10(14(15)16)6-7-12(11)18-13/h6-8,13H,2-5,9H2,1H3,(H,15,16). The Morgan fingerprint density at radius 3 is 3.00 bits per heavy atom. The zero-order chi connectivity index (χ0) is 13.0. The van der Waals surface area contributed by atoms with Crippen LogP contribution >= 0.6 is 0 Å². The van der Waals surface area contributed by atoms with Crippen LogP contribution in [-0.2, 0) is 11.3 Å². The second-order valence-corrected chi connectivity index (χ2v) is 4.48. The van der Waals surface area contributed by atoms with E-state index in [2.05, 4.69) is 6.92 Å². The number of carboxylic acid groups (broad SMARTS) is 1. The number of carboxylic acids is 1. The molecule has 0 saturated heterocycles. The summed E-state index contributed by atoms with van der Waals surface area (Å²) in [5, 5.41) is 8.90. The fourth-order valence-corrected chi connectivity index (χ4v) is 2.00. The molecule has 0 aromatic heterocycles. The molecular formula is C14H18O4. The summed E-state index contributed by atoms with van der Waals surface area (Å²) in [6.07, 6.45) is 4.12. The van der Waals surface area contributed by atoms with Gasteiger partial charge in [-0.25, -0.2) is 4.79 Å². The first-order valence-electron chi connectivity index (χ1n) is 6.35. The zero-order valence-corrected chi connectivity index (χ0v) is 10.5. The van der Waals surface area contributed by atoms with Crippen molar-refractivity contribution in [2.24, 2.45) is 0 Å². The normalized spacial score (nSPS) is 17.9. The molecule has 2 rings (SSSR count). The van der Waals surface area contributed by atoms with Crippen molar-refractivity contribution in [1.82, 2.24) is 0 Å². The number of carbonyl (C=O) groups is 1. The molecule has 0 bridgehead atoms. The van der Waals surface area contributed by atoms with E-state index in [1.54, 1.807) is 18.2 Å². The van der Waals surface area contributed by atoms with Crippen LogP contribution in [0.4, 0.5) is 0 Å². The third-order valence-electron chi connectivity index (χ3n) is 3.03. The van der Waals surface area contributed by atoms with Gasteiger partial charge in [-0.05, 0) is 24.6 Å². The maximum atomic E-state index is 10.8. The fourth-order valence-electron chi connectivity index (χ4n) is 2.00. The summed E-state index contributed by atoms with van der Waals surface area (Å²) in [6.45, 7) is 2.58. The number of aromatic carboxylic acids is 1. The van der Waals surface area contributed by atoms with Crippen molar-refractivity contribution < 1.29 is 19.4 Å². The van der Waals surface area contributed by atoms with Gasteiger partial charge >= 0.3 is 5.97 Å². The number of hydrogen-bond donors (Lipinski definition) is 1. The Bertz CT molecular complexity index is 428. The number of benzene rings is 1. The molecule has 1 aromatic carbocycles. The SMILES string of the molecule is CCCCCC1OCc2cc(C(=O)O)ccc2O1. The van der Waals surface area contributed by atoms with Crippen LogP contribution in [0.5, 0.6) is 5.75 Å². The van der Waals surface area contributed by atoms with E-state index in [0.29, 0.717) is 6.61 Å². The van der Waals surface area contributed by atoms with Gasteiger partial charge in [0.25, 0.3) is 0 Å². The number of hydrogen-bond acceptors (Lipinski definition) is 3. The Morgan fingerprint density at radius 1 is 1.44 bits per heavy atom. The molecule has 0 radical (unpaired) electrons. The largest absolute Gasteiger partial charge is 0.478 e. The first-order valence-corrected chi connectivity index (χ1v) is 6.35. The molecule has 18 heavy (non-hydrogen) atoms. The van der Waals surface area contributed by atoms with Gasteiger partial charge in [-0.3, -0.25) is 0 Å². The maximum Gasteiger partial charge on any atom is 0.335 e. The molecule has 1 aliphatic rings. The number of ether oxygens (including phenoxy) is 2. The molecule has 1 aliphatic heterocycles. The summed E-state index contributed by atoms with van der Waals surface area (Å²) < 4.78 is 11.3. The highest BCUT2D eigenvalue weighted by Gasteiger charge is 2.20. The van der Waals surface area contributed by atoms with Gasteiger partial charge in [0, 0.05) is 12.0 Å². The Kier molecular flexibility index (Phi) is 4.20. The second-order valence-electron chi connectivity index (χ2n) is 4.48. The van der Waals surface area contributed by atoms with Gasteiger partial charge in [0.2, 0.25) is 0 Å². The van der Waals surface area contributed by atoms with Gasteiger partial charge in [-0.15, -0.1) is 0 Å². The predicted molar refractivity (Wildman–Crippen MR) is 66.7 cm³/mol. The van der Waals surface area contributed by atoms with E-state index in [9.17, 15) is 4.79 Å². The lowest BCUT2D eigenvalue weighted by Crippen LogP contribution is -2.25. The molecule has 4 nitrogen and oxygen atoms in total. The molecule has 0 saturated carbocycles. The van der Waals surface area contributed by atoms with Crippen LogP contribution in [0.25, 0.3) is 0 Å². The summed E-state index contributed by atoms with van der Waals surface area (Å²) >= 11 is 0. The van der Waals surface area contributed by atoms with Gasteiger partial charge < -0.3 is 14.6 Å². The lowest BCUT2D eigenvalue weighted by molar-refractivity contribution is -0.112. The zero-order valence-electron chi connectivity index (χ0n) is 10.5. The van der Waals surface area contributed by atoms with Crippen LogP contribution in [0.3, 0.4) is 0 Å². The van der Waals surface area contributed by atoms with E-state index in [0.717, 1.165) is 24.2 Å². The molecule has 0 amide bonds. The average Bonchev–Trinajstić information content (AvgIpc) is 2.38. The van der Waals surface area contributed by atoms with Gasteiger partial charge in [-0.1, -0.05) is 19.8 Å². The quantitative estimate of drug-likeness (QED) is 0.815. The first kappa shape index (κ1) is 12.9. The van der Waals surface area contributed by atoms with Crippen molar-refractivity contribution >= 4 is 5.97 Å². The lowest BCUT2D eigenvalue weighted by atomic mass is 10.1. The van der Waals surface area contributed by atoms with E-state index in [4.69, 9.17) is 14.6 Å². The number of unbranched alkanes of at least 4 members (excludes halogenated alkanes) is 2. The molecule has 1 atom stereocenters. The highest BCUT2D eigenvalue weighted by molar-refractivity contribution is 5.88. The van der Waals surface area contributed by atoms with Gasteiger partial charge in [-0.2, -0.15) is 0 Å². The van der Waals surface area contributed by atoms with Crippen LogP contribution < -0.4 is 4.74 Å². The van der Waals surface area contributed by atoms with Crippen LogP contribution in [0, 0.1) is 0 Å². The van der Waals surface area contributed by atoms with Crippen molar-refractivity contribution in [3.63, 3.8) is 0 Å². The average molecular weight is 250 g/mol. The third kappa shape index (κ3) is 3.01. The van der Waals surface area contributed by atoms with Crippen molar-refractivity contribution in [2.75, 3.05) is 0 Å². The Balaban J connectivity index is 2.00. The first-order chi connectivity index (χ1) is 8.70. The van der Waals surface area contributed by atoms with Crippen LogP contribution in [0.1, 0.15) is 48.5 Å². The molecule has 1 N–H and O–H groups in total. The minimum Gasteiger partial charge on any atom is -0.478 e. The Labute approximate surface area is 107 Å². The van der Waals surface area contributed by atoms with Gasteiger partial charge in [0.05, 0.1) is 12.2 Å². The van der Waals surface area contributed by atoms with Crippen LogP contribution in [0.2, 0.25) is 0 Å². The Hall–Kier alpha value is -1.55.